The van der Waals surface area contributed by atoms with Gasteiger partial charge in [0.15, 0.2) is 11.5 Å². The highest BCUT2D eigenvalue weighted by molar-refractivity contribution is 5.40. The molecule has 0 unspecified atom stereocenters. The van der Waals surface area contributed by atoms with E-state index in [4.69, 9.17) is 5.73 Å². The number of aryl methyl sites for hydroxylation is 3. The zero-order valence-corrected chi connectivity index (χ0v) is 10.9. The molecule has 5 nitrogen and oxygen atoms in total. The van der Waals surface area contributed by atoms with E-state index < -0.39 is 0 Å². The van der Waals surface area contributed by atoms with Crippen molar-refractivity contribution in [2.45, 2.75) is 26.2 Å². The van der Waals surface area contributed by atoms with Crippen molar-refractivity contribution in [3.63, 3.8) is 0 Å². The van der Waals surface area contributed by atoms with Crippen molar-refractivity contribution in [2.75, 3.05) is 5.73 Å². The third-order valence-corrected chi connectivity index (χ3v) is 3.21. The molecule has 0 spiro atoms. The van der Waals surface area contributed by atoms with Gasteiger partial charge in [0.25, 0.3) is 0 Å². The zero-order valence-electron chi connectivity index (χ0n) is 10.9. The fraction of sp³-hybridized carbons (Fsp3) is 0.286. The molecule has 3 N–H and O–H groups in total. The van der Waals surface area contributed by atoms with Crippen LogP contribution in [0.25, 0.3) is 5.65 Å². The summed E-state index contributed by atoms with van der Waals surface area (Å²) in [5.41, 5.74) is 9.84. The number of hydrogen-bond acceptors (Lipinski definition) is 3. The summed E-state index contributed by atoms with van der Waals surface area (Å²) < 4.78 is 1.95. The number of fused-ring (bicyclic) bond motifs is 1. The van der Waals surface area contributed by atoms with E-state index in [0.29, 0.717) is 0 Å². The van der Waals surface area contributed by atoms with E-state index in [1.54, 1.807) is 0 Å². The lowest BCUT2D eigenvalue weighted by Crippen LogP contribution is -1.98. The maximum absolute atomic E-state index is 5.77. The van der Waals surface area contributed by atoms with Crippen LogP contribution in [0, 0.1) is 6.92 Å². The van der Waals surface area contributed by atoms with Gasteiger partial charge in [-0.15, -0.1) is 10.2 Å². The summed E-state index contributed by atoms with van der Waals surface area (Å²) >= 11 is 0. The van der Waals surface area contributed by atoms with E-state index in [-0.39, 0.29) is 0 Å². The number of nitrogens with zero attached hydrogens (tertiary/aromatic N) is 3. The van der Waals surface area contributed by atoms with Crippen LogP contribution < -0.4 is 5.73 Å². The molecule has 2 heterocycles. The second-order valence-corrected chi connectivity index (χ2v) is 4.85. The molecular weight excluding hydrogens is 238 g/mol. The number of aromatic amines is 1. The van der Waals surface area contributed by atoms with Gasteiger partial charge in [0.1, 0.15) is 0 Å². The molecule has 0 aliphatic carbocycles. The van der Waals surface area contributed by atoms with Crippen LogP contribution in [0.4, 0.5) is 5.69 Å². The SMILES string of the molecule is Cc1cc2nnc(CCCc3cccc(N)c3)n2[nH]1. The fourth-order valence-electron chi connectivity index (χ4n) is 2.31. The van der Waals surface area contributed by atoms with Crippen molar-refractivity contribution in [2.24, 2.45) is 0 Å². The van der Waals surface area contributed by atoms with Crippen molar-refractivity contribution >= 4 is 11.3 Å². The first-order valence-electron chi connectivity index (χ1n) is 6.46. The molecule has 3 rings (SSSR count). The Kier molecular flexibility index (Phi) is 2.95. The van der Waals surface area contributed by atoms with Gasteiger partial charge in [0.05, 0.1) is 0 Å². The fourth-order valence-corrected chi connectivity index (χ4v) is 2.31. The Morgan fingerprint density at radius 2 is 2.11 bits per heavy atom. The highest BCUT2D eigenvalue weighted by atomic mass is 15.4. The molecule has 1 aromatic carbocycles. The summed E-state index contributed by atoms with van der Waals surface area (Å²) in [6.45, 7) is 2.02. The minimum atomic E-state index is 0.822. The molecule has 0 amide bonds. The van der Waals surface area contributed by atoms with E-state index in [0.717, 1.165) is 42.1 Å². The largest absolute Gasteiger partial charge is 0.399 e. The summed E-state index contributed by atoms with van der Waals surface area (Å²) in [4.78, 5) is 0. The Morgan fingerprint density at radius 3 is 2.95 bits per heavy atom. The quantitative estimate of drug-likeness (QED) is 0.701. The Labute approximate surface area is 111 Å². The van der Waals surface area contributed by atoms with Crippen molar-refractivity contribution in [3.05, 3.63) is 47.4 Å². The number of H-pyrrole nitrogens is 1. The summed E-state index contributed by atoms with van der Waals surface area (Å²) in [6, 6.07) is 10.0. The van der Waals surface area contributed by atoms with Crippen LogP contribution in [0.5, 0.6) is 0 Å². The van der Waals surface area contributed by atoms with Crippen LogP contribution >= 0.6 is 0 Å². The molecule has 3 aromatic rings. The number of benzene rings is 1. The van der Waals surface area contributed by atoms with E-state index in [1.165, 1.54) is 5.56 Å². The molecule has 0 aliphatic heterocycles. The van der Waals surface area contributed by atoms with Gasteiger partial charge in [-0.2, -0.15) is 0 Å². The molecule has 0 saturated heterocycles. The van der Waals surface area contributed by atoms with Gasteiger partial charge in [0.2, 0.25) is 0 Å². The lowest BCUT2D eigenvalue weighted by Gasteiger charge is -2.02. The Bertz CT molecular complexity index is 695. The normalized spacial score (nSPS) is 11.2. The second kappa shape index (κ2) is 4.76. The van der Waals surface area contributed by atoms with Gasteiger partial charge in [-0.05, 0) is 37.5 Å². The minimum Gasteiger partial charge on any atom is -0.399 e. The Balaban J connectivity index is 1.66. The van der Waals surface area contributed by atoms with Gasteiger partial charge < -0.3 is 5.73 Å². The first-order chi connectivity index (χ1) is 9.22. The van der Waals surface area contributed by atoms with Crippen molar-refractivity contribution in [1.29, 1.82) is 0 Å². The summed E-state index contributed by atoms with van der Waals surface area (Å²) in [7, 11) is 0. The summed E-state index contributed by atoms with van der Waals surface area (Å²) in [5.74, 6) is 0.979. The molecule has 0 radical (unpaired) electrons. The van der Waals surface area contributed by atoms with Gasteiger partial charge in [-0.3, -0.25) is 5.10 Å². The molecule has 0 atom stereocenters. The molecular formula is C14H17N5. The van der Waals surface area contributed by atoms with Crippen LogP contribution in [0.1, 0.15) is 23.5 Å². The van der Waals surface area contributed by atoms with Crippen LogP contribution in [-0.2, 0) is 12.8 Å². The molecule has 2 aromatic heterocycles. The standard InChI is InChI=1S/C14H17N5/c1-10-8-14-17-16-13(19(14)18-10)7-3-5-11-4-2-6-12(15)9-11/h2,4,6,8-9,18H,3,5,7,15H2,1H3. The number of nitrogens with two attached hydrogens (primary N) is 1. The first-order valence-corrected chi connectivity index (χ1v) is 6.46. The van der Waals surface area contributed by atoms with E-state index in [2.05, 4.69) is 21.4 Å². The smallest absolute Gasteiger partial charge is 0.177 e. The predicted octanol–water partition coefficient (Wildman–Crippen LogP) is 2.12. The van der Waals surface area contributed by atoms with Crippen LogP contribution in [0.3, 0.4) is 0 Å². The monoisotopic (exact) mass is 255 g/mol. The van der Waals surface area contributed by atoms with Crippen LogP contribution in [0.15, 0.2) is 30.3 Å². The van der Waals surface area contributed by atoms with Crippen molar-refractivity contribution in [1.82, 2.24) is 19.8 Å². The lowest BCUT2D eigenvalue weighted by atomic mass is 10.1. The Morgan fingerprint density at radius 1 is 1.21 bits per heavy atom. The molecule has 0 fully saturated rings. The topological polar surface area (TPSA) is 72.0 Å². The third-order valence-electron chi connectivity index (χ3n) is 3.21. The number of anilines is 1. The highest BCUT2D eigenvalue weighted by Gasteiger charge is 2.07. The molecule has 0 bridgehead atoms. The second-order valence-electron chi connectivity index (χ2n) is 4.85. The number of rotatable bonds is 4. The zero-order chi connectivity index (χ0) is 13.2. The number of nitrogens with one attached hydrogen (secondary N) is 1. The summed E-state index contributed by atoms with van der Waals surface area (Å²) in [6.07, 6.45) is 2.93. The van der Waals surface area contributed by atoms with Gasteiger partial charge in [0, 0.05) is 23.9 Å². The van der Waals surface area contributed by atoms with Crippen LogP contribution in [-0.4, -0.2) is 19.8 Å². The highest BCUT2D eigenvalue weighted by Crippen LogP contribution is 2.11. The van der Waals surface area contributed by atoms with Crippen molar-refractivity contribution < 1.29 is 0 Å². The van der Waals surface area contributed by atoms with Gasteiger partial charge in [-0.25, -0.2) is 4.52 Å². The average molecular weight is 255 g/mol. The van der Waals surface area contributed by atoms with Gasteiger partial charge >= 0.3 is 0 Å². The molecule has 0 aliphatic rings. The number of aromatic nitrogens is 4. The number of hydrogen-bond donors (Lipinski definition) is 2. The predicted molar refractivity (Wildman–Crippen MR) is 75.0 cm³/mol. The van der Waals surface area contributed by atoms with E-state index >= 15 is 0 Å². The Hall–Kier alpha value is -2.30. The third kappa shape index (κ3) is 2.45. The maximum Gasteiger partial charge on any atom is 0.177 e. The van der Waals surface area contributed by atoms with E-state index in [1.807, 2.05) is 35.7 Å². The summed E-state index contributed by atoms with van der Waals surface area (Å²) in [5, 5.41) is 11.6. The minimum absolute atomic E-state index is 0.822. The lowest BCUT2D eigenvalue weighted by molar-refractivity contribution is 0.732. The van der Waals surface area contributed by atoms with Crippen molar-refractivity contribution in [3.8, 4) is 0 Å². The van der Waals surface area contributed by atoms with E-state index in [9.17, 15) is 0 Å². The van der Waals surface area contributed by atoms with Gasteiger partial charge in [-0.1, -0.05) is 12.1 Å². The number of nitrogen functional groups attached to an aromatic ring is 1. The molecule has 19 heavy (non-hydrogen) atoms. The molecule has 5 heteroatoms. The van der Waals surface area contributed by atoms with Crippen LogP contribution in [0.2, 0.25) is 0 Å². The molecule has 98 valence electrons. The first kappa shape index (κ1) is 11.8. The molecule has 0 saturated carbocycles. The maximum atomic E-state index is 5.77. The average Bonchev–Trinajstić information content (AvgIpc) is 2.90.